The number of alkyl halides is 3. The lowest BCUT2D eigenvalue weighted by atomic mass is 9.76. The highest BCUT2D eigenvalue weighted by molar-refractivity contribution is 7.98. The molecule has 0 saturated carbocycles. The van der Waals surface area contributed by atoms with Gasteiger partial charge in [-0.05, 0) is 66.3 Å². The van der Waals surface area contributed by atoms with Crippen LogP contribution in [0.4, 0.5) is 24.9 Å². The minimum atomic E-state index is -4.78. The first kappa shape index (κ1) is 30.2. The second kappa shape index (κ2) is 12.2. The highest BCUT2D eigenvalue weighted by atomic mass is 35.5. The number of benzene rings is 2. The molecule has 3 aromatic rings. The number of esters is 1. The number of nitrogen functional groups attached to an aromatic ring is 1. The van der Waals surface area contributed by atoms with Crippen molar-refractivity contribution in [3.8, 4) is 17.0 Å². The van der Waals surface area contributed by atoms with E-state index in [1.165, 1.54) is 43.1 Å². The average Bonchev–Trinajstić information content (AvgIpc) is 3.38. The third-order valence-corrected chi connectivity index (χ3v) is 8.88. The molecule has 0 unspecified atom stereocenters. The topological polar surface area (TPSA) is 103 Å². The van der Waals surface area contributed by atoms with E-state index in [2.05, 4.69) is 15.3 Å². The summed E-state index contributed by atoms with van der Waals surface area (Å²) in [6.45, 7) is 1.86. The predicted octanol–water partition coefficient (Wildman–Crippen LogP) is 5.91. The molecule has 2 atom stereocenters. The summed E-state index contributed by atoms with van der Waals surface area (Å²) in [5.41, 5.74) is 6.68. The van der Waals surface area contributed by atoms with Crippen molar-refractivity contribution in [2.24, 2.45) is 5.41 Å². The van der Waals surface area contributed by atoms with Gasteiger partial charge in [0.15, 0.2) is 0 Å². The summed E-state index contributed by atoms with van der Waals surface area (Å²) in [5.74, 6) is -0.374. The van der Waals surface area contributed by atoms with Crippen LogP contribution >= 0.6 is 23.4 Å². The van der Waals surface area contributed by atoms with Crippen molar-refractivity contribution in [3.05, 3.63) is 59.1 Å². The molecule has 1 spiro atoms. The van der Waals surface area contributed by atoms with Gasteiger partial charge in [-0.1, -0.05) is 29.8 Å². The molecule has 2 aliphatic rings. The number of anilines is 2. The maximum Gasteiger partial charge on any atom is 0.429 e. The van der Waals surface area contributed by atoms with Gasteiger partial charge in [-0.2, -0.15) is 23.1 Å². The third-order valence-electron chi connectivity index (χ3n) is 7.92. The Kier molecular flexibility index (Phi) is 8.77. The lowest BCUT2D eigenvalue weighted by Crippen LogP contribution is -2.41. The number of nitrogens with two attached hydrogens (primary N) is 1. The number of ether oxygens (including phenoxy) is 2. The molecule has 3 N–H and O–H groups in total. The van der Waals surface area contributed by atoms with Gasteiger partial charge in [0, 0.05) is 41.2 Å². The van der Waals surface area contributed by atoms with E-state index >= 15 is 0 Å². The molecule has 2 saturated heterocycles. The van der Waals surface area contributed by atoms with Gasteiger partial charge in [0.05, 0.1) is 7.11 Å². The summed E-state index contributed by atoms with van der Waals surface area (Å²) in [7, 11) is 1.37. The van der Waals surface area contributed by atoms with Crippen molar-refractivity contribution >= 4 is 41.1 Å². The predicted molar refractivity (Wildman–Crippen MR) is 157 cm³/mol. The fourth-order valence-electron chi connectivity index (χ4n) is 5.69. The normalized spacial score (nSPS) is 19.1. The van der Waals surface area contributed by atoms with Crippen molar-refractivity contribution in [2.75, 3.05) is 43.6 Å². The molecule has 5 rings (SSSR count). The van der Waals surface area contributed by atoms with Gasteiger partial charge in [-0.15, -0.1) is 11.8 Å². The molecule has 2 aliphatic heterocycles. The zero-order chi connectivity index (χ0) is 30.1. The lowest BCUT2D eigenvalue weighted by Gasteiger charge is -2.39. The Labute approximate surface area is 251 Å². The van der Waals surface area contributed by atoms with Crippen LogP contribution in [0.3, 0.4) is 0 Å². The van der Waals surface area contributed by atoms with E-state index < -0.39 is 12.3 Å². The number of hydrogen-bond acceptors (Lipinski definition) is 9. The quantitative estimate of drug-likeness (QED) is 0.246. The monoisotopic (exact) mass is 621 g/mol. The van der Waals surface area contributed by atoms with Crippen LogP contribution in [0.2, 0.25) is 5.02 Å². The third kappa shape index (κ3) is 6.55. The summed E-state index contributed by atoms with van der Waals surface area (Å²) >= 11 is 7.71. The van der Waals surface area contributed by atoms with Gasteiger partial charge in [0.2, 0.25) is 17.9 Å². The molecule has 13 heteroatoms. The standard InChI is InChI=1S/C29H31ClF3N5O3S/c1-40-26(39)22-15-28(16-35-22)8-10-38(11-9-28)23-14-24(37-27(34)36-23)41-25(29(31,32)33)20-7-6-18(30)13-21(20)17-4-3-5-19(12-17)42-2/h3-7,12-14,22,25,35H,8-11,15-16H2,1-2H3,(H2,34,36,37)/t22-,25+/m0/s1. The van der Waals surface area contributed by atoms with Crippen molar-refractivity contribution in [3.63, 3.8) is 0 Å². The minimum absolute atomic E-state index is 0.0623. The van der Waals surface area contributed by atoms with Crippen LogP contribution in [0, 0.1) is 5.41 Å². The molecule has 0 radical (unpaired) electrons. The Morgan fingerprint density at radius 2 is 1.95 bits per heavy atom. The molecule has 3 heterocycles. The Bertz CT molecular complexity index is 1450. The van der Waals surface area contributed by atoms with Crippen LogP contribution in [-0.2, 0) is 9.53 Å². The summed E-state index contributed by atoms with van der Waals surface area (Å²) in [5, 5.41) is 3.55. The summed E-state index contributed by atoms with van der Waals surface area (Å²) in [6.07, 6.45) is -3.02. The number of thioether (sulfide) groups is 1. The second-order valence-electron chi connectivity index (χ2n) is 10.6. The number of piperidine rings is 1. The lowest BCUT2D eigenvalue weighted by molar-refractivity contribution is -0.198. The number of rotatable bonds is 7. The molecule has 1 aromatic heterocycles. The van der Waals surface area contributed by atoms with E-state index in [0.29, 0.717) is 48.0 Å². The first-order valence-electron chi connectivity index (χ1n) is 13.4. The molecule has 0 aliphatic carbocycles. The molecule has 8 nitrogen and oxygen atoms in total. The van der Waals surface area contributed by atoms with Gasteiger partial charge >= 0.3 is 12.1 Å². The smallest absolute Gasteiger partial charge is 0.429 e. The van der Waals surface area contributed by atoms with Gasteiger partial charge in [0.1, 0.15) is 11.9 Å². The Morgan fingerprint density at radius 3 is 2.64 bits per heavy atom. The SMILES string of the molecule is COC(=O)[C@@H]1CC2(CCN(c3cc(O[C@H](c4ccc(Cl)cc4-c4cccc(SC)c4)C(F)(F)F)nc(N)n3)CC2)CN1. The fraction of sp³-hybridized carbons (Fsp3) is 0.414. The second-order valence-corrected chi connectivity index (χ2v) is 11.9. The van der Waals surface area contributed by atoms with Crippen molar-refractivity contribution in [2.45, 2.75) is 42.5 Å². The van der Waals surface area contributed by atoms with Crippen molar-refractivity contribution in [1.29, 1.82) is 0 Å². The van der Waals surface area contributed by atoms with E-state index in [0.717, 1.165) is 17.7 Å². The minimum Gasteiger partial charge on any atom is -0.468 e. The van der Waals surface area contributed by atoms with E-state index in [1.807, 2.05) is 23.3 Å². The number of carbonyl (C=O) groups is 1. The van der Waals surface area contributed by atoms with E-state index in [9.17, 15) is 18.0 Å². The summed E-state index contributed by atoms with van der Waals surface area (Å²) in [6, 6.07) is 12.5. The molecular weight excluding hydrogens is 591 g/mol. The van der Waals surface area contributed by atoms with E-state index in [1.54, 1.807) is 12.1 Å². The highest BCUT2D eigenvalue weighted by Crippen LogP contribution is 2.44. The number of nitrogens with zero attached hydrogens (tertiary/aromatic N) is 3. The molecule has 0 bridgehead atoms. The highest BCUT2D eigenvalue weighted by Gasteiger charge is 2.46. The zero-order valence-electron chi connectivity index (χ0n) is 23.1. The molecule has 42 heavy (non-hydrogen) atoms. The number of halogens is 4. The van der Waals surface area contributed by atoms with Gasteiger partial charge in [-0.3, -0.25) is 4.79 Å². The Hall–Kier alpha value is -3.22. The molecule has 2 fully saturated rings. The van der Waals surface area contributed by atoms with Crippen molar-refractivity contribution < 1.29 is 27.4 Å². The van der Waals surface area contributed by atoms with Crippen LogP contribution in [-0.4, -0.2) is 61.2 Å². The summed E-state index contributed by atoms with van der Waals surface area (Å²) < 4.78 is 54.2. The average molecular weight is 622 g/mol. The largest absolute Gasteiger partial charge is 0.468 e. The van der Waals surface area contributed by atoms with Crippen LogP contribution in [0.15, 0.2) is 53.4 Å². The maximum atomic E-state index is 14.6. The number of aromatic nitrogens is 2. The molecule has 224 valence electrons. The van der Waals surface area contributed by atoms with Crippen LogP contribution in [0.5, 0.6) is 5.88 Å². The summed E-state index contributed by atoms with van der Waals surface area (Å²) in [4.78, 5) is 23.1. The zero-order valence-corrected chi connectivity index (χ0v) is 24.7. The van der Waals surface area contributed by atoms with E-state index in [-0.39, 0.29) is 34.8 Å². The molecule has 2 aromatic carbocycles. The Balaban J connectivity index is 1.40. The fourth-order valence-corrected chi connectivity index (χ4v) is 6.33. The number of hydrogen-bond donors (Lipinski definition) is 2. The number of carbonyl (C=O) groups excluding carboxylic acids is 1. The first-order valence-corrected chi connectivity index (χ1v) is 15.0. The Morgan fingerprint density at radius 1 is 1.19 bits per heavy atom. The number of methoxy groups -OCH3 is 1. The molecular formula is C29H31ClF3N5O3S. The maximum absolute atomic E-state index is 14.6. The van der Waals surface area contributed by atoms with Gasteiger partial charge in [-0.25, -0.2) is 0 Å². The van der Waals surface area contributed by atoms with Crippen LogP contribution < -0.4 is 20.7 Å². The van der Waals surface area contributed by atoms with Crippen LogP contribution in [0.1, 0.15) is 30.9 Å². The van der Waals surface area contributed by atoms with Gasteiger partial charge in [0.25, 0.3) is 0 Å². The van der Waals surface area contributed by atoms with Gasteiger partial charge < -0.3 is 25.4 Å². The van der Waals surface area contributed by atoms with Crippen molar-refractivity contribution in [1.82, 2.24) is 15.3 Å². The number of nitrogens with one attached hydrogen (secondary N) is 1. The van der Waals surface area contributed by atoms with E-state index in [4.69, 9.17) is 26.8 Å². The molecule has 0 amide bonds. The first-order chi connectivity index (χ1) is 20.0. The van der Waals surface area contributed by atoms with Crippen LogP contribution in [0.25, 0.3) is 11.1 Å².